The first-order valence-corrected chi connectivity index (χ1v) is 8.23. The molecule has 6 heteroatoms. The predicted octanol–water partition coefficient (Wildman–Crippen LogP) is 4.41. The molecule has 0 bridgehead atoms. The van der Waals surface area contributed by atoms with Gasteiger partial charge in [-0.3, -0.25) is 5.32 Å². The van der Waals surface area contributed by atoms with Crippen LogP contribution in [0.1, 0.15) is 5.56 Å². The van der Waals surface area contributed by atoms with Crippen molar-refractivity contribution in [2.45, 2.75) is 0 Å². The average Bonchev–Trinajstić information content (AvgIpc) is 3.33. The quantitative estimate of drug-likeness (QED) is 0.762. The molecular weight excluding hydrogens is 333 g/mol. The highest BCUT2D eigenvalue weighted by Gasteiger charge is 2.21. The molecule has 0 atom stereocenters. The molecule has 2 amide bonds. The van der Waals surface area contributed by atoms with Gasteiger partial charge >= 0.3 is 6.03 Å². The lowest BCUT2D eigenvalue weighted by Gasteiger charge is -2.16. The largest absolute Gasteiger partial charge is 0.354 e. The van der Waals surface area contributed by atoms with Crippen LogP contribution < -0.4 is 5.32 Å². The van der Waals surface area contributed by atoms with Gasteiger partial charge in [0.05, 0.1) is 5.56 Å². The number of hydrogen-bond donors (Lipinski definition) is 1. The molecule has 0 unspecified atom stereocenters. The zero-order valence-corrected chi connectivity index (χ0v) is 13.9. The van der Waals surface area contributed by atoms with Gasteiger partial charge in [0.15, 0.2) is 11.6 Å². The van der Waals surface area contributed by atoms with Gasteiger partial charge in [0.1, 0.15) is 5.82 Å². The lowest BCUT2D eigenvalue weighted by atomic mass is 10.1. The first kappa shape index (κ1) is 16.1. The minimum Gasteiger partial charge on any atom is -0.354 e. The zero-order valence-electron chi connectivity index (χ0n) is 13.9. The molecule has 2 aromatic carbocycles. The second kappa shape index (κ2) is 6.84. The summed E-state index contributed by atoms with van der Waals surface area (Å²) in [6.45, 7) is 1.04. The average molecular weight is 349 g/mol. The predicted molar refractivity (Wildman–Crippen MR) is 96.9 cm³/mol. The highest BCUT2D eigenvalue weighted by molar-refractivity contribution is 5.91. The molecule has 2 heterocycles. The van der Waals surface area contributed by atoms with Crippen LogP contribution in [-0.2, 0) is 0 Å². The Hall–Kier alpha value is -3.41. The summed E-state index contributed by atoms with van der Waals surface area (Å²) in [6.07, 6.45) is 2.03. The Morgan fingerprint density at radius 3 is 2.69 bits per heavy atom. The third-order valence-corrected chi connectivity index (χ3v) is 4.24. The van der Waals surface area contributed by atoms with Crippen molar-refractivity contribution < 1.29 is 13.7 Å². The number of halogens is 1. The molecule has 1 aliphatic heterocycles. The maximum absolute atomic E-state index is 13.8. The first-order chi connectivity index (χ1) is 12.7. The fraction of sp³-hybridized carbons (Fsp3) is 0.100. The molecule has 5 nitrogen and oxygen atoms in total. The van der Waals surface area contributed by atoms with Crippen LogP contribution in [0.15, 0.2) is 71.3 Å². The number of benzene rings is 2. The van der Waals surface area contributed by atoms with Gasteiger partial charge in [-0.25, -0.2) is 9.18 Å². The van der Waals surface area contributed by atoms with E-state index in [1.54, 1.807) is 23.1 Å². The molecule has 1 aromatic heterocycles. The van der Waals surface area contributed by atoms with Crippen LogP contribution in [0, 0.1) is 5.82 Å². The van der Waals surface area contributed by atoms with E-state index in [0.717, 1.165) is 11.1 Å². The van der Waals surface area contributed by atoms with Gasteiger partial charge in [-0.15, -0.1) is 0 Å². The van der Waals surface area contributed by atoms with Crippen molar-refractivity contribution in [3.05, 3.63) is 78.1 Å². The molecule has 0 aliphatic carbocycles. The van der Waals surface area contributed by atoms with Crippen molar-refractivity contribution in [1.29, 1.82) is 0 Å². The zero-order chi connectivity index (χ0) is 17.9. The molecule has 3 aromatic rings. The number of nitrogens with zero attached hydrogens (tertiary/aromatic N) is 2. The van der Waals surface area contributed by atoms with Gasteiger partial charge in [0.2, 0.25) is 0 Å². The Morgan fingerprint density at radius 2 is 1.88 bits per heavy atom. The molecule has 130 valence electrons. The monoisotopic (exact) mass is 349 g/mol. The second-order valence-electron chi connectivity index (χ2n) is 5.96. The van der Waals surface area contributed by atoms with Crippen molar-refractivity contribution in [3.63, 3.8) is 0 Å². The van der Waals surface area contributed by atoms with Gasteiger partial charge in [0.25, 0.3) is 0 Å². The van der Waals surface area contributed by atoms with E-state index in [1.807, 2.05) is 36.4 Å². The van der Waals surface area contributed by atoms with E-state index in [4.69, 9.17) is 4.52 Å². The van der Waals surface area contributed by atoms with Crippen LogP contribution in [0.4, 0.5) is 15.0 Å². The Bertz CT molecular complexity index is 966. The fourth-order valence-electron chi connectivity index (χ4n) is 2.88. The Morgan fingerprint density at radius 1 is 1.12 bits per heavy atom. The fourth-order valence-corrected chi connectivity index (χ4v) is 2.88. The summed E-state index contributed by atoms with van der Waals surface area (Å²) in [5, 5.41) is 6.50. The van der Waals surface area contributed by atoms with Crippen LogP contribution >= 0.6 is 0 Å². The van der Waals surface area contributed by atoms with Crippen molar-refractivity contribution in [3.8, 4) is 11.3 Å². The lowest BCUT2D eigenvalue weighted by Crippen LogP contribution is -2.33. The molecule has 1 aliphatic rings. The maximum atomic E-state index is 13.8. The Balaban J connectivity index is 1.41. The van der Waals surface area contributed by atoms with E-state index < -0.39 is 5.82 Å². The van der Waals surface area contributed by atoms with Gasteiger partial charge in [-0.2, -0.15) is 0 Å². The third kappa shape index (κ3) is 3.21. The SMILES string of the molecule is O=C(Nc1cc(-c2ccccc2F)on1)N1CC=C(c2ccccc2)C1. The molecule has 0 fully saturated rings. The Kier molecular flexibility index (Phi) is 4.23. The lowest BCUT2D eigenvalue weighted by molar-refractivity contribution is 0.224. The molecule has 0 radical (unpaired) electrons. The van der Waals surface area contributed by atoms with Crippen LogP contribution in [0.3, 0.4) is 0 Å². The first-order valence-electron chi connectivity index (χ1n) is 8.23. The van der Waals surface area contributed by atoms with E-state index in [0.29, 0.717) is 18.7 Å². The molecule has 0 saturated heterocycles. The van der Waals surface area contributed by atoms with Gasteiger partial charge in [-0.1, -0.05) is 53.7 Å². The summed E-state index contributed by atoms with van der Waals surface area (Å²) >= 11 is 0. The number of anilines is 1. The molecule has 0 saturated carbocycles. The maximum Gasteiger partial charge on any atom is 0.323 e. The number of urea groups is 1. The summed E-state index contributed by atoms with van der Waals surface area (Å²) in [5.74, 6) is 0.113. The van der Waals surface area contributed by atoms with Crippen molar-refractivity contribution >= 4 is 17.4 Å². The van der Waals surface area contributed by atoms with Crippen molar-refractivity contribution in [2.75, 3.05) is 18.4 Å². The molecule has 0 spiro atoms. The van der Waals surface area contributed by atoms with Crippen LogP contribution in [0.25, 0.3) is 16.9 Å². The molecule has 26 heavy (non-hydrogen) atoms. The number of rotatable bonds is 3. The highest BCUT2D eigenvalue weighted by atomic mass is 19.1. The standard InChI is InChI=1S/C20H16FN3O2/c21-17-9-5-4-8-16(17)18-12-19(23-26-18)22-20(25)24-11-10-15(13-24)14-6-2-1-3-7-14/h1-10,12H,11,13H2,(H,22,23,25). The highest BCUT2D eigenvalue weighted by Crippen LogP contribution is 2.26. The van der Waals surface area contributed by atoms with Crippen molar-refractivity contribution in [2.24, 2.45) is 0 Å². The minimum absolute atomic E-state index is 0.251. The van der Waals surface area contributed by atoms with Gasteiger partial charge in [-0.05, 0) is 23.3 Å². The third-order valence-electron chi connectivity index (χ3n) is 4.24. The molecule has 4 rings (SSSR count). The summed E-state index contributed by atoms with van der Waals surface area (Å²) < 4.78 is 19.0. The normalized spacial score (nSPS) is 13.6. The van der Waals surface area contributed by atoms with E-state index >= 15 is 0 Å². The van der Waals surface area contributed by atoms with E-state index in [-0.39, 0.29) is 17.6 Å². The van der Waals surface area contributed by atoms with Crippen LogP contribution in [0.2, 0.25) is 0 Å². The van der Waals surface area contributed by atoms with E-state index in [1.165, 1.54) is 12.1 Å². The van der Waals surface area contributed by atoms with E-state index in [9.17, 15) is 9.18 Å². The molecular formula is C20H16FN3O2. The second-order valence-corrected chi connectivity index (χ2v) is 5.96. The number of nitrogens with one attached hydrogen (secondary N) is 1. The number of hydrogen-bond acceptors (Lipinski definition) is 3. The van der Waals surface area contributed by atoms with Gasteiger partial charge in [0, 0.05) is 19.2 Å². The van der Waals surface area contributed by atoms with E-state index in [2.05, 4.69) is 10.5 Å². The summed E-state index contributed by atoms with van der Waals surface area (Å²) in [6, 6.07) is 17.4. The number of carbonyl (C=O) groups excluding carboxylic acids is 1. The Labute approximate surface area is 149 Å². The summed E-state index contributed by atoms with van der Waals surface area (Å²) in [7, 11) is 0. The number of carbonyl (C=O) groups is 1. The minimum atomic E-state index is -0.405. The smallest absolute Gasteiger partial charge is 0.323 e. The summed E-state index contributed by atoms with van der Waals surface area (Å²) in [5.41, 5.74) is 2.51. The van der Waals surface area contributed by atoms with Crippen LogP contribution in [0.5, 0.6) is 0 Å². The van der Waals surface area contributed by atoms with Crippen molar-refractivity contribution in [1.82, 2.24) is 10.1 Å². The number of aromatic nitrogens is 1. The molecule has 1 N–H and O–H groups in total. The summed E-state index contributed by atoms with van der Waals surface area (Å²) in [4.78, 5) is 14.1. The number of amides is 2. The van der Waals surface area contributed by atoms with Gasteiger partial charge < -0.3 is 9.42 Å². The topological polar surface area (TPSA) is 58.4 Å². The van der Waals surface area contributed by atoms with Crippen LogP contribution in [-0.4, -0.2) is 29.2 Å².